The number of para-hydroxylation sites is 1. The maximum atomic E-state index is 11.7. The summed E-state index contributed by atoms with van der Waals surface area (Å²) in [6.45, 7) is 4.09. The minimum atomic E-state index is -2.16. The summed E-state index contributed by atoms with van der Waals surface area (Å²) in [7, 11) is 0. The van der Waals surface area contributed by atoms with Gasteiger partial charge in [0.05, 0.1) is 4.70 Å². The number of nitrogens with one attached hydrogen (secondary N) is 4. The summed E-state index contributed by atoms with van der Waals surface area (Å²) in [5.74, 6) is -2.20. The Labute approximate surface area is 224 Å². The Morgan fingerprint density at radius 3 is 2.63 bits per heavy atom. The molecule has 38 heavy (non-hydrogen) atoms. The van der Waals surface area contributed by atoms with Gasteiger partial charge in [0.1, 0.15) is 11.3 Å². The molecule has 0 aliphatic rings. The van der Waals surface area contributed by atoms with Gasteiger partial charge in [-0.05, 0) is 60.2 Å². The second-order valence-corrected chi connectivity index (χ2v) is 10.7. The zero-order valence-corrected chi connectivity index (χ0v) is 22.0. The van der Waals surface area contributed by atoms with E-state index in [2.05, 4.69) is 64.1 Å². The fourth-order valence-electron chi connectivity index (χ4n) is 4.87. The minimum absolute atomic E-state index is 0.0426. The lowest BCUT2D eigenvalue weighted by Gasteiger charge is -2.23. The number of aromatic amines is 2. The van der Waals surface area contributed by atoms with Crippen LogP contribution in [-0.4, -0.2) is 44.3 Å². The lowest BCUT2D eigenvalue weighted by molar-refractivity contribution is -0.183. The highest BCUT2D eigenvalue weighted by molar-refractivity contribution is 7.16. The predicted octanol–water partition coefficient (Wildman–Crippen LogP) is 3.43. The van der Waals surface area contributed by atoms with Gasteiger partial charge in [-0.2, -0.15) is 0 Å². The Balaban J connectivity index is 1.11. The van der Waals surface area contributed by atoms with Crippen LogP contribution in [0.5, 0.6) is 5.75 Å². The highest BCUT2D eigenvalue weighted by atomic mass is 32.1. The summed E-state index contributed by atoms with van der Waals surface area (Å²) < 4.78 is 0.518. The number of phenolic OH excluding ortho intramolecular Hbond substituents is 1. The van der Waals surface area contributed by atoms with E-state index in [0.29, 0.717) is 28.7 Å². The summed E-state index contributed by atoms with van der Waals surface area (Å²) in [6.07, 6.45) is 3.53. The van der Waals surface area contributed by atoms with Crippen molar-refractivity contribution in [1.29, 1.82) is 0 Å². The zero-order valence-electron chi connectivity index (χ0n) is 21.2. The van der Waals surface area contributed by atoms with Crippen molar-refractivity contribution in [3.8, 4) is 5.75 Å². The highest BCUT2D eigenvalue weighted by Crippen LogP contribution is 2.29. The second kappa shape index (κ2) is 11.1. The molecule has 0 saturated carbocycles. The Morgan fingerprint density at radius 1 is 0.947 bits per heavy atom. The summed E-state index contributed by atoms with van der Waals surface area (Å²) in [5.41, 5.74) is 6.91. The first-order valence-corrected chi connectivity index (χ1v) is 13.5. The molecule has 0 bridgehead atoms. The predicted molar refractivity (Wildman–Crippen MR) is 152 cm³/mol. The van der Waals surface area contributed by atoms with E-state index in [-0.39, 0.29) is 17.0 Å². The summed E-state index contributed by atoms with van der Waals surface area (Å²) in [4.78, 5) is 17.4. The van der Waals surface area contributed by atoms with Crippen molar-refractivity contribution < 1.29 is 15.3 Å². The number of hydrogen-bond donors (Lipinski definition) is 7. The first kappa shape index (κ1) is 26.1. The zero-order chi connectivity index (χ0) is 26.7. The number of phenols is 1. The smallest absolute Gasteiger partial charge is 0.305 e. The van der Waals surface area contributed by atoms with E-state index in [1.807, 2.05) is 12.1 Å². The Morgan fingerprint density at radius 2 is 1.76 bits per heavy atom. The molecule has 0 radical (unpaired) electrons. The molecule has 0 atom stereocenters. The molecule has 8 nitrogen and oxygen atoms in total. The van der Waals surface area contributed by atoms with Crippen molar-refractivity contribution in [3.05, 3.63) is 98.3 Å². The third-order valence-corrected chi connectivity index (χ3v) is 7.76. The van der Waals surface area contributed by atoms with Crippen LogP contribution in [0.4, 0.5) is 0 Å². The number of benzene rings is 3. The van der Waals surface area contributed by atoms with Crippen LogP contribution in [-0.2, 0) is 25.8 Å². The molecule has 0 aliphatic heterocycles. The van der Waals surface area contributed by atoms with Crippen molar-refractivity contribution >= 4 is 32.5 Å². The molecule has 0 amide bonds. The molecule has 2 aromatic heterocycles. The van der Waals surface area contributed by atoms with Gasteiger partial charge >= 0.3 is 4.87 Å². The molecule has 198 valence electrons. The van der Waals surface area contributed by atoms with Crippen LogP contribution in [0.1, 0.15) is 27.8 Å². The number of aliphatic hydroxyl groups is 2. The molecule has 0 saturated heterocycles. The fourth-order valence-corrected chi connectivity index (χ4v) is 5.74. The number of aromatic nitrogens is 2. The quantitative estimate of drug-likeness (QED) is 0.103. The average Bonchev–Trinajstić information content (AvgIpc) is 3.49. The van der Waals surface area contributed by atoms with Crippen molar-refractivity contribution in [1.82, 2.24) is 20.6 Å². The number of H-pyrrole nitrogens is 2. The maximum absolute atomic E-state index is 11.7. The molecular weight excluding hydrogens is 500 g/mol. The van der Waals surface area contributed by atoms with Crippen molar-refractivity contribution in [2.75, 3.05) is 13.1 Å². The van der Waals surface area contributed by atoms with Gasteiger partial charge in [-0.1, -0.05) is 59.9 Å². The van der Waals surface area contributed by atoms with Gasteiger partial charge in [-0.15, -0.1) is 0 Å². The first-order valence-electron chi connectivity index (χ1n) is 12.7. The molecule has 0 spiro atoms. The topological polar surface area (TPSA) is 133 Å². The van der Waals surface area contributed by atoms with Crippen LogP contribution in [0.2, 0.25) is 0 Å². The molecule has 5 rings (SSSR count). The lowest BCUT2D eigenvalue weighted by atomic mass is 10.1. The number of hydrogen-bond acceptors (Lipinski definition) is 7. The van der Waals surface area contributed by atoms with Crippen LogP contribution in [0.25, 0.3) is 21.1 Å². The highest BCUT2D eigenvalue weighted by Gasteiger charge is 2.25. The van der Waals surface area contributed by atoms with Gasteiger partial charge in [0.2, 0.25) is 5.91 Å². The standard InChI is InChI=1S/C29H32N4O4S/c1-18-4-2-7-23-22(17-31-25(18)23)11-12-30-16-20-6-3-5-19(14-20)10-13-32-29(36,37)15-21-8-9-24(34)26-27(21)38-28(35)33-26/h2-9,14,17,30-32,34,36-37H,10-13,15-16H2,1H3,(H,33,35). The maximum Gasteiger partial charge on any atom is 0.305 e. The van der Waals surface area contributed by atoms with Crippen molar-refractivity contribution in [2.24, 2.45) is 0 Å². The van der Waals surface area contributed by atoms with Crippen LogP contribution < -0.4 is 15.5 Å². The van der Waals surface area contributed by atoms with Gasteiger partial charge in [-0.3, -0.25) is 10.1 Å². The fraction of sp³-hybridized carbons (Fsp3) is 0.276. The second-order valence-electron chi connectivity index (χ2n) is 9.69. The van der Waals surface area contributed by atoms with Crippen molar-refractivity contribution in [2.45, 2.75) is 38.6 Å². The molecule has 9 heteroatoms. The molecule has 2 heterocycles. The van der Waals surface area contributed by atoms with Gasteiger partial charge in [0, 0.05) is 36.6 Å². The van der Waals surface area contributed by atoms with Crippen LogP contribution >= 0.6 is 11.3 Å². The molecule has 3 aromatic carbocycles. The number of aromatic hydroxyl groups is 1. The number of aryl methyl sites for hydroxylation is 1. The summed E-state index contributed by atoms with van der Waals surface area (Å²) in [5, 5.41) is 38.6. The Hall–Kier alpha value is -3.47. The monoisotopic (exact) mass is 532 g/mol. The SMILES string of the molecule is Cc1cccc2c(CCNCc3cccc(CCNC(O)(O)Cc4ccc(O)c5[nH]c(=O)sc45)c3)c[nH]c12. The Kier molecular flexibility index (Phi) is 7.64. The van der Waals surface area contributed by atoms with Gasteiger partial charge in [0.25, 0.3) is 0 Å². The summed E-state index contributed by atoms with van der Waals surface area (Å²) in [6, 6.07) is 17.7. The number of thiazole rings is 1. The van der Waals surface area contributed by atoms with Gasteiger partial charge in [-0.25, -0.2) is 0 Å². The molecule has 0 unspecified atom stereocenters. The number of rotatable bonds is 11. The lowest BCUT2D eigenvalue weighted by Crippen LogP contribution is -2.47. The van der Waals surface area contributed by atoms with E-state index < -0.39 is 5.91 Å². The first-order chi connectivity index (χ1) is 18.3. The van der Waals surface area contributed by atoms with E-state index in [0.717, 1.165) is 36.4 Å². The van der Waals surface area contributed by atoms with E-state index in [1.165, 1.54) is 33.7 Å². The summed E-state index contributed by atoms with van der Waals surface area (Å²) >= 11 is 0.935. The van der Waals surface area contributed by atoms with E-state index in [1.54, 1.807) is 6.07 Å². The van der Waals surface area contributed by atoms with E-state index in [9.17, 15) is 20.1 Å². The number of fused-ring (bicyclic) bond motifs is 2. The van der Waals surface area contributed by atoms with Gasteiger partial charge < -0.3 is 30.6 Å². The minimum Gasteiger partial charge on any atom is -0.506 e. The average molecular weight is 533 g/mol. The van der Waals surface area contributed by atoms with E-state index in [4.69, 9.17) is 0 Å². The van der Waals surface area contributed by atoms with Crippen molar-refractivity contribution in [3.63, 3.8) is 0 Å². The van der Waals surface area contributed by atoms with Crippen LogP contribution in [0.3, 0.4) is 0 Å². The Bertz CT molecular complexity index is 1620. The largest absolute Gasteiger partial charge is 0.506 e. The molecule has 7 N–H and O–H groups in total. The molecular formula is C29H32N4O4S. The normalized spacial score (nSPS) is 12.1. The van der Waals surface area contributed by atoms with Crippen LogP contribution in [0.15, 0.2) is 65.6 Å². The third-order valence-electron chi connectivity index (χ3n) is 6.80. The molecule has 5 aromatic rings. The third kappa shape index (κ3) is 5.98. The van der Waals surface area contributed by atoms with Crippen LogP contribution in [0, 0.1) is 6.92 Å². The van der Waals surface area contributed by atoms with E-state index >= 15 is 0 Å². The molecule has 0 aliphatic carbocycles. The molecule has 0 fully saturated rings. The van der Waals surface area contributed by atoms with Gasteiger partial charge in [0.15, 0.2) is 0 Å².